The van der Waals surface area contributed by atoms with Crippen LogP contribution in [-0.4, -0.2) is 18.4 Å². The number of anilines is 1. The predicted molar refractivity (Wildman–Crippen MR) is 128 cm³/mol. The standard InChI is InChI=1S/C28H30N2O2/c1-21-7-9-24(10-8-21)20-30(28(32)25-13-14-25)26-15-11-23(12-16-26)19-27(31)29-18-17-22-5-3-2-4-6-22/h2-12,15-16,25H,13-14,17-20H2,1H3,(H,29,31). The Labute approximate surface area is 190 Å². The van der Waals surface area contributed by atoms with Crippen LogP contribution in [0, 0.1) is 12.8 Å². The molecule has 3 aromatic carbocycles. The highest BCUT2D eigenvalue weighted by Gasteiger charge is 2.34. The molecular formula is C28H30N2O2. The van der Waals surface area contributed by atoms with Crippen LogP contribution >= 0.6 is 0 Å². The van der Waals surface area contributed by atoms with Crippen molar-refractivity contribution in [2.45, 2.75) is 39.2 Å². The summed E-state index contributed by atoms with van der Waals surface area (Å²) in [7, 11) is 0. The quantitative estimate of drug-likeness (QED) is 0.532. The van der Waals surface area contributed by atoms with Gasteiger partial charge in [0, 0.05) is 18.2 Å². The Morgan fingerprint density at radius 2 is 1.50 bits per heavy atom. The van der Waals surface area contributed by atoms with E-state index in [2.05, 4.69) is 48.6 Å². The van der Waals surface area contributed by atoms with Gasteiger partial charge in [0.05, 0.1) is 13.0 Å². The fourth-order valence-corrected chi connectivity index (χ4v) is 3.76. The fraction of sp³-hybridized carbons (Fsp3) is 0.286. The van der Waals surface area contributed by atoms with E-state index >= 15 is 0 Å². The van der Waals surface area contributed by atoms with E-state index in [9.17, 15) is 9.59 Å². The third-order valence-electron chi connectivity index (χ3n) is 5.85. The van der Waals surface area contributed by atoms with Crippen LogP contribution in [0.2, 0.25) is 0 Å². The van der Waals surface area contributed by atoms with Gasteiger partial charge in [0.15, 0.2) is 0 Å². The van der Waals surface area contributed by atoms with Crippen molar-refractivity contribution in [2.75, 3.05) is 11.4 Å². The Hall–Kier alpha value is -3.40. The lowest BCUT2D eigenvalue weighted by Gasteiger charge is -2.23. The third kappa shape index (κ3) is 6.07. The summed E-state index contributed by atoms with van der Waals surface area (Å²) >= 11 is 0. The summed E-state index contributed by atoms with van der Waals surface area (Å²) in [5, 5.41) is 2.99. The van der Waals surface area contributed by atoms with Crippen LogP contribution in [0.25, 0.3) is 0 Å². The average molecular weight is 427 g/mol. The monoisotopic (exact) mass is 426 g/mol. The Balaban J connectivity index is 1.35. The molecule has 1 saturated carbocycles. The first-order valence-corrected chi connectivity index (χ1v) is 11.3. The lowest BCUT2D eigenvalue weighted by atomic mass is 10.1. The Morgan fingerprint density at radius 1 is 0.844 bits per heavy atom. The molecule has 0 saturated heterocycles. The maximum Gasteiger partial charge on any atom is 0.230 e. The molecule has 1 N–H and O–H groups in total. The molecule has 0 radical (unpaired) electrons. The molecule has 0 spiro atoms. The van der Waals surface area contributed by atoms with Crippen molar-refractivity contribution in [1.82, 2.24) is 5.32 Å². The molecule has 2 amide bonds. The molecular weight excluding hydrogens is 396 g/mol. The topological polar surface area (TPSA) is 49.4 Å². The number of amides is 2. The van der Waals surface area contributed by atoms with Crippen LogP contribution in [0.15, 0.2) is 78.9 Å². The van der Waals surface area contributed by atoms with Gasteiger partial charge < -0.3 is 10.2 Å². The number of hydrogen-bond acceptors (Lipinski definition) is 2. The molecule has 32 heavy (non-hydrogen) atoms. The van der Waals surface area contributed by atoms with Gasteiger partial charge in [-0.2, -0.15) is 0 Å². The first-order chi connectivity index (χ1) is 15.6. The largest absolute Gasteiger partial charge is 0.355 e. The molecule has 0 heterocycles. The van der Waals surface area contributed by atoms with Gasteiger partial charge in [-0.15, -0.1) is 0 Å². The Bertz CT molecular complexity index is 1040. The number of aryl methyl sites for hydroxylation is 1. The summed E-state index contributed by atoms with van der Waals surface area (Å²) in [6.45, 7) is 3.25. The number of nitrogens with zero attached hydrogens (tertiary/aromatic N) is 1. The minimum Gasteiger partial charge on any atom is -0.355 e. The van der Waals surface area contributed by atoms with Gasteiger partial charge in [-0.1, -0.05) is 72.3 Å². The van der Waals surface area contributed by atoms with E-state index in [0.717, 1.165) is 36.1 Å². The summed E-state index contributed by atoms with van der Waals surface area (Å²) in [4.78, 5) is 27.1. The molecule has 4 rings (SSSR count). The van der Waals surface area contributed by atoms with E-state index in [0.29, 0.717) is 19.5 Å². The minimum atomic E-state index is 0.0132. The van der Waals surface area contributed by atoms with E-state index in [1.54, 1.807) is 0 Å². The van der Waals surface area contributed by atoms with E-state index in [1.807, 2.05) is 47.4 Å². The second kappa shape index (κ2) is 10.3. The van der Waals surface area contributed by atoms with E-state index in [-0.39, 0.29) is 17.7 Å². The second-order valence-corrected chi connectivity index (χ2v) is 8.61. The number of hydrogen-bond donors (Lipinski definition) is 1. The smallest absolute Gasteiger partial charge is 0.230 e. The maximum atomic E-state index is 12.9. The molecule has 4 heteroatoms. The SMILES string of the molecule is Cc1ccc(CN(C(=O)C2CC2)c2ccc(CC(=O)NCCc3ccccc3)cc2)cc1. The zero-order valence-electron chi connectivity index (χ0n) is 18.6. The first-order valence-electron chi connectivity index (χ1n) is 11.3. The average Bonchev–Trinajstić information content (AvgIpc) is 3.65. The summed E-state index contributed by atoms with van der Waals surface area (Å²) in [5.41, 5.74) is 5.37. The van der Waals surface area contributed by atoms with E-state index in [1.165, 1.54) is 11.1 Å². The van der Waals surface area contributed by atoms with Crippen LogP contribution in [0.1, 0.15) is 35.1 Å². The molecule has 4 nitrogen and oxygen atoms in total. The summed E-state index contributed by atoms with van der Waals surface area (Å²) < 4.78 is 0. The van der Waals surface area contributed by atoms with Crippen molar-refractivity contribution in [3.05, 3.63) is 101 Å². The molecule has 0 bridgehead atoms. The van der Waals surface area contributed by atoms with Gasteiger partial charge in [0.2, 0.25) is 11.8 Å². The summed E-state index contributed by atoms with van der Waals surface area (Å²) in [6, 6.07) is 26.3. The molecule has 1 aliphatic rings. The molecule has 0 aromatic heterocycles. The fourth-order valence-electron chi connectivity index (χ4n) is 3.76. The summed E-state index contributed by atoms with van der Waals surface area (Å²) in [5.74, 6) is 0.353. The van der Waals surface area contributed by atoms with Crippen LogP contribution in [0.5, 0.6) is 0 Å². The maximum absolute atomic E-state index is 12.9. The molecule has 164 valence electrons. The molecule has 1 fully saturated rings. The minimum absolute atomic E-state index is 0.0132. The first kappa shape index (κ1) is 21.8. The van der Waals surface area contributed by atoms with Crippen molar-refractivity contribution in [3.63, 3.8) is 0 Å². The molecule has 0 atom stereocenters. The summed E-state index contributed by atoms with van der Waals surface area (Å²) in [6.07, 6.45) is 3.11. The van der Waals surface area contributed by atoms with Crippen molar-refractivity contribution >= 4 is 17.5 Å². The zero-order chi connectivity index (χ0) is 22.3. The molecule has 0 unspecified atom stereocenters. The van der Waals surface area contributed by atoms with Crippen molar-refractivity contribution < 1.29 is 9.59 Å². The van der Waals surface area contributed by atoms with Gasteiger partial charge in [-0.25, -0.2) is 0 Å². The second-order valence-electron chi connectivity index (χ2n) is 8.61. The molecule has 3 aromatic rings. The number of nitrogens with one attached hydrogen (secondary N) is 1. The van der Waals surface area contributed by atoms with Gasteiger partial charge >= 0.3 is 0 Å². The number of carbonyl (C=O) groups excluding carboxylic acids is 2. The highest BCUT2D eigenvalue weighted by atomic mass is 16.2. The number of rotatable bonds is 9. The molecule has 1 aliphatic carbocycles. The van der Waals surface area contributed by atoms with Crippen LogP contribution < -0.4 is 10.2 Å². The van der Waals surface area contributed by atoms with Gasteiger partial charge in [-0.05, 0) is 55.0 Å². The van der Waals surface area contributed by atoms with Gasteiger partial charge in [0.1, 0.15) is 0 Å². The van der Waals surface area contributed by atoms with Gasteiger partial charge in [0.25, 0.3) is 0 Å². The Morgan fingerprint density at radius 3 is 2.16 bits per heavy atom. The van der Waals surface area contributed by atoms with Crippen molar-refractivity contribution in [3.8, 4) is 0 Å². The van der Waals surface area contributed by atoms with Crippen molar-refractivity contribution in [1.29, 1.82) is 0 Å². The zero-order valence-corrected chi connectivity index (χ0v) is 18.6. The highest BCUT2D eigenvalue weighted by Crippen LogP contribution is 2.33. The van der Waals surface area contributed by atoms with E-state index < -0.39 is 0 Å². The van der Waals surface area contributed by atoms with Crippen LogP contribution in [-0.2, 0) is 29.0 Å². The van der Waals surface area contributed by atoms with Gasteiger partial charge in [-0.3, -0.25) is 9.59 Å². The number of carbonyl (C=O) groups is 2. The van der Waals surface area contributed by atoms with Crippen LogP contribution in [0.4, 0.5) is 5.69 Å². The van der Waals surface area contributed by atoms with Crippen LogP contribution in [0.3, 0.4) is 0 Å². The van der Waals surface area contributed by atoms with E-state index in [4.69, 9.17) is 0 Å². The van der Waals surface area contributed by atoms with Crippen molar-refractivity contribution in [2.24, 2.45) is 5.92 Å². The number of benzene rings is 3. The lowest BCUT2D eigenvalue weighted by Crippen LogP contribution is -2.31. The predicted octanol–water partition coefficient (Wildman–Crippen LogP) is 4.84. The lowest BCUT2D eigenvalue weighted by molar-refractivity contribution is -0.121. The Kier molecular flexibility index (Phi) is 7.00. The highest BCUT2D eigenvalue weighted by molar-refractivity contribution is 5.96. The third-order valence-corrected chi connectivity index (χ3v) is 5.85. The normalized spacial score (nSPS) is 12.9. The molecule has 0 aliphatic heterocycles.